The summed E-state index contributed by atoms with van der Waals surface area (Å²) >= 11 is 3.54. The molecule has 1 aromatic carbocycles. The molecule has 92 valence electrons. The van der Waals surface area contributed by atoms with Crippen LogP contribution in [0.2, 0.25) is 0 Å². The van der Waals surface area contributed by atoms with Gasteiger partial charge in [-0.3, -0.25) is 4.79 Å². The van der Waals surface area contributed by atoms with Crippen LogP contribution in [0.25, 0.3) is 0 Å². The number of carbonyl (C=O) groups excluding carboxylic acids is 1. The van der Waals surface area contributed by atoms with E-state index in [2.05, 4.69) is 27.3 Å². The average molecular weight is 297 g/mol. The molecule has 1 heterocycles. The lowest BCUT2D eigenvalue weighted by Gasteiger charge is -2.32. The highest BCUT2D eigenvalue weighted by molar-refractivity contribution is 9.10. The number of hydrogen-bond acceptors (Lipinski definition) is 2. The first kappa shape index (κ1) is 12.6. The molecule has 1 atom stereocenters. The second kappa shape index (κ2) is 5.19. The molecule has 2 rings (SSSR count). The second-order valence-electron chi connectivity index (χ2n) is 4.42. The number of amides is 1. The van der Waals surface area contributed by atoms with E-state index in [-0.39, 0.29) is 5.91 Å². The summed E-state index contributed by atoms with van der Waals surface area (Å²) in [6.45, 7) is 0.938. The van der Waals surface area contributed by atoms with E-state index in [9.17, 15) is 4.79 Å². The largest absolute Gasteiger partial charge is 0.320 e. The van der Waals surface area contributed by atoms with Gasteiger partial charge in [-0.1, -0.05) is 12.1 Å². The molecule has 1 aliphatic heterocycles. The summed E-state index contributed by atoms with van der Waals surface area (Å²) in [5.41, 5.74) is 2.31. The first-order valence-electron chi connectivity index (χ1n) is 5.84. The van der Waals surface area contributed by atoms with Crippen molar-refractivity contribution >= 4 is 27.5 Å². The number of nitrogens with one attached hydrogen (secondary N) is 1. The lowest BCUT2D eigenvalue weighted by Crippen LogP contribution is -2.34. The maximum Gasteiger partial charge on any atom is 0.227 e. The molecule has 1 aromatic rings. The maximum absolute atomic E-state index is 12.0. The van der Waals surface area contributed by atoms with Crippen LogP contribution in [-0.2, 0) is 4.79 Å². The molecule has 0 spiro atoms. The standard InChI is InChI=1S/C13H17BrN2O/c1-15-7-6-9-8-12(17)16(2)13-10(9)4-3-5-11(13)14/h3-5,9,15H,6-8H2,1-2H3. The predicted molar refractivity (Wildman–Crippen MR) is 73.5 cm³/mol. The Labute approximate surface area is 110 Å². The van der Waals surface area contributed by atoms with Crippen LogP contribution in [0.15, 0.2) is 22.7 Å². The Kier molecular flexibility index (Phi) is 3.84. The Morgan fingerprint density at radius 3 is 3.00 bits per heavy atom. The fraction of sp³-hybridized carbons (Fsp3) is 0.462. The van der Waals surface area contributed by atoms with Gasteiger partial charge in [0.05, 0.1) is 5.69 Å². The van der Waals surface area contributed by atoms with Gasteiger partial charge in [-0.05, 0) is 53.5 Å². The van der Waals surface area contributed by atoms with Gasteiger partial charge >= 0.3 is 0 Å². The molecule has 0 aliphatic carbocycles. The zero-order valence-corrected chi connectivity index (χ0v) is 11.8. The average Bonchev–Trinajstić information content (AvgIpc) is 2.32. The fourth-order valence-corrected chi connectivity index (χ4v) is 3.02. The highest BCUT2D eigenvalue weighted by Crippen LogP contribution is 2.41. The summed E-state index contributed by atoms with van der Waals surface area (Å²) in [6.07, 6.45) is 1.61. The number of para-hydroxylation sites is 1. The number of anilines is 1. The van der Waals surface area contributed by atoms with Crippen LogP contribution in [0.5, 0.6) is 0 Å². The zero-order valence-electron chi connectivity index (χ0n) is 10.2. The quantitative estimate of drug-likeness (QED) is 0.929. The molecule has 17 heavy (non-hydrogen) atoms. The molecule has 3 nitrogen and oxygen atoms in total. The SMILES string of the molecule is CNCCC1CC(=O)N(C)c2c(Br)cccc21. The number of hydrogen-bond donors (Lipinski definition) is 1. The van der Waals surface area contributed by atoms with E-state index in [1.165, 1.54) is 5.56 Å². The van der Waals surface area contributed by atoms with Gasteiger partial charge in [-0.15, -0.1) is 0 Å². The third-order valence-electron chi connectivity index (χ3n) is 3.33. The van der Waals surface area contributed by atoms with Crippen LogP contribution in [0.1, 0.15) is 24.3 Å². The van der Waals surface area contributed by atoms with Gasteiger partial charge in [-0.25, -0.2) is 0 Å². The number of halogens is 1. The molecule has 1 N–H and O–H groups in total. The minimum Gasteiger partial charge on any atom is -0.320 e. The van der Waals surface area contributed by atoms with E-state index in [4.69, 9.17) is 0 Å². The van der Waals surface area contributed by atoms with Crippen LogP contribution >= 0.6 is 15.9 Å². The molecule has 1 amide bonds. The number of carbonyl (C=O) groups is 1. The van der Waals surface area contributed by atoms with E-state index in [1.807, 2.05) is 26.2 Å². The molecule has 0 saturated heterocycles. The van der Waals surface area contributed by atoms with E-state index >= 15 is 0 Å². The van der Waals surface area contributed by atoms with Crippen LogP contribution in [0.4, 0.5) is 5.69 Å². The van der Waals surface area contributed by atoms with Crippen molar-refractivity contribution in [1.82, 2.24) is 5.32 Å². The van der Waals surface area contributed by atoms with Gasteiger partial charge in [0, 0.05) is 17.9 Å². The van der Waals surface area contributed by atoms with Crippen molar-refractivity contribution in [3.05, 3.63) is 28.2 Å². The smallest absolute Gasteiger partial charge is 0.227 e. The molecule has 0 bridgehead atoms. The van der Waals surface area contributed by atoms with Gasteiger partial charge in [0.15, 0.2) is 0 Å². The second-order valence-corrected chi connectivity index (χ2v) is 5.28. The summed E-state index contributed by atoms with van der Waals surface area (Å²) in [4.78, 5) is 13.7. The minimum absolute atomic E-state index is 0.200. The lowest BCUT2D eigenvalue weighted by atomic mass is 9.87. The van der Waals surface area contributed by atoms with E-state index in [0.717, 1.165) is 23.1 Å². The summed E-state index contributed by atoms with van der Waals surface area (Å²) < 4.78 is 1.00. The van der Waals surface area contributed by atoms with Crippen molar-refractivity contribution in [3.63, 3.8) is 0 Å². The third kappa shape index (κ3) is 2.38. The molecule has 0 saturated carbocycles. The van der Waals surface area contributed by atoms with Crippen LogP contribution in [0.3, 0.4) is 0 Å². The van der Waals surface area contributed by atoms with Crippen molar-refractivity contribution in [2.75, 3.05) is 25.5 Å². The molecule has 1 unspecified atom stereocenters. The molecule has 0 aromatic heterocycles. The van der Waals surface area contributed by atoms with E-state index in [0.29, 0.717) is 12.3 Å². The predicted octanol–water partition coefficient (Wildman–Crippen LogP) is 2.51. The van der Waals surface area contributed by atoms with Gasteiger partial charge in [0.1, 0.15) is 0 Å². The number of benzene rings is 1. The molecule has 4 heteroatoms. The van der Waals surface area contributed by atoms with Gasteiger partial charge in [0.2, 0.25) is 5.91 Å². The molecular weight excluding hydrogens is 280 g/mol. The summed E-state index contributed by atoms with van der Waals surface area (Å²) in [5, 5.41) is 3.15. The third-order valence-corrected chi connectivity index (χ3v) is 3.97. The number of nitrogens with zero attached hydrogens (tertiary/aromatic N) is 1. The van der Waals surface area contributed by atoms with Crippen LogP contribution < -0.4 is 10.2 Å². The zero-order chi connectivity index (χ0) is 12.4. The number of rotatable bonds is 3. The summed E-state index contributed by atoms with van der Waals surface area (Å²) in [6, 6.07) is 6.16. The summed E-state index contributed by atoms with van der Waals surface area (Å²) in [7, 11) is 3.79. The Bertz CT molecular complexity index is 433. The molecule has 0 fully saturated rings. The van der Waals surface area contributed by atoms with E-state index < -0.39 is 0 Å². The first-order chi connectivity index (χ1) is 8.15. The highest BCUT2D eigenvalue weighted by atomic mass is 79.9. The fourth-order valence-electron chi connectivity index (χ4n) is 2.37. The number of fused-ring (bicyclic) bond motifs is 1. The summed E-state index contributed by atoms with van der Waals surface area (Å²) in [5.74, 6) is 0.532. The Balaban J connectivity index is 2.38. The lowest BCUT2D eigenvalue weighted by molar-refractivity contribution is -0.119. The van der Waals surface area contributed by atoms with Crippen LogP contribution in [0, 0.1) is 0 Å². The van der Waals surface area contributed by atoms with Gasteiger partial charge in [0.25, 0.3) is 0 Å². The maximum atomic E-state index is 12.0. The Morgan fingerprint density at radius 1 is 1.53 bits per heavy atom. The first-order valence-corrected chi connectivity index (χ1v) is 6.64. The Morgan fingerprint density at radius 2 is 2.29 bits per heavy atom. The normalized spacial score (nSPS) is 19.4. The molecule has 0 radical (unpaired) electrons. The van der Waals surface area contributed by atoms with Crippen molar-refractivity contribution < 1.29 is 4.79 Å². The topological polar surface area (TPSA) is 32.3 Å². The highest BCUT2D eigenvalue weighted by Gasteiger charge is 2.29. The Hall–Kier alpha value is -0.870. The van der Waals surface area contributed by atoms with Gasteiger partial charge < -0.3 is 10.2 Å². The minimum atomic E-state index is 0.200. The van der Waals surface area contributed by atoms with Crippen molar-refractivity contribution in [2.45, 2.75) is 18.8 Å². The van der Waals surface area contributed by atoms with Gasteiger partial charge in [-0.2, -0.15) is 0 Å². The molecule has 1 aliphatic rings. The van der Waals surface area contributed by atoms with Crippen molar-refractivity contribution in [1.29, 1.82) is 0 Å². The van der Waals surface area contributed by atoms with E-state index in [1.54, 1.807) is 4.90 Å². The molecular formula is C13H17BrN2O. The van der Waals surface area contributed by atoms with Crippen molar-refractivity contribution in [3.8, 4) is 0 Å². The van der Waals surface area contributed by atoms with Crippen LogP contribution in [-0.4, -0.2) is 26.5 Å². The van der Waals surface area contributed by atoms with Crippen molar-refractivity contribution in [2.24, 2.45) is 0 Å². The monoisotopic (exact) mass is 296 g/mol.